The Hall–Kier alpha value is -2.51. The van der Waals surface area contributed by atoms with Gasteiger partial charge in [-0.05, 0) is 24.6 Å². The van der Waals surface area contributed by atoms with Crippen molar-refractivity contribution >= 4 is 28.7 Å². The Morgan fingerprint density at radius 1 is 1.21 bits per heavy atom. The topological polar surface area (TPSA) is 67.4 Å². The fourth-order valence-electron chi connectivity index (χ4n) is 2.81. The van der Waals surface area contributed by atoms with Crippen LogP contribution >= 0.6 is 11.8 Å². The minimum atomic E-state index is 0.0568. The fraction of sp³-hybridized carbons (Fsp3) is 0.333. The van der Waals surface area contributed by atoms with E-state index in [1.165, 1.54) is 11.8 Å². The van der Waals surface area contributed by atoms with E-state index >= 15 is 0 Å². The summed E-state index contributed by atoms with van der Waals surface area (Å²) >= 11 is 1.41. The molecule has 0 bridgehead atoms. The average Bonchev–Trinajstić information content (AvgIpc) is 3.12. The van der Waals surface area contributed by atoms with E-state index < -0.39 is 0 Å². The van der Waals surface area contributed by atoms with Crippen LogP contribution in [-0.2, 0) is 16.1 Å². The lowest BCUT2D eigenvalue weighted by Crippen LogP contribution is -2.34. The monoisotopic (exact) mass is 399 g/mol. The van der Waals surface area contributed by atoms with Gasteiger partial charge < -0.3 is 19.4 Å². The van der Waals surface area contributed by atoms with Crippen molar-refractivity contribution in [1.82, 2.24) is 14.9 Å². The van der Waals surface area contributed by atoms with Crippen LogP contribution in [0.4, 0.5) is 0 Å². The number of carbonyl (C=O) groups excluding carboxylic acids is 1. The Kier molecular flexibility index (Phi) is 7.33. The molecule has 0 aliphatic carbocycles. The summed E-state index contributed by atoms with van der Waals surface area (Å²) in [6.45, 7) is 4.21. The highest BCUT2D eigenvalue weighted by Gasteiger charge is 2.15. The van der Waals surface area contributed by atoms with Gasteiger partial charge in [-0.3, -0.25) is 4.79 Å². The van der Waals surface area contributed by atoms with Gasteiger partial charge in [0.2, 0.25) is 5.91 Å². The van der Waals surface area contributed by atoms with Crippen LogP contribution in [0, 0.1) is 0 Å². The number of thioether (sulfide) groups is 1. The highest BCUT2D eigenvalue weighted by atomic mass is 32.2. The zero-order chi connectivity index (χ0) is 19.8. The number of rotatable bonds is 10. The fourth-order valence-corrected chi connectivity index (χ4v) is 3.60. The first kappa shape index (κ1) is 20.2. The second kappa shape index (κ2) is 10.1. The third-order valence-electron chi connectivity index (χ3n) is 4.21. The number of aromatic amines is 1. The molecule has 0 radical (unpaired) electrons. The van der Waals surface area contributed by atoms with Crippen LogP contribution in [0.25, 0.3) is 11.0 Å². The summed E-state index contributed by atoms with van der Waals surface area (Å²) in [7, 11) is 1.64. The first-order valence-corrected chi connectivity index (χ1v) is 10.2. The van der Waals surface area contributed by atoms with Crippen molar-refractivity contribution in [3.05, 3.63) is 54.1 Å². The van der Waals surface area contributed by atoms with Crippen LogP contribution < -0.4 is 4.74 Å². The van der Waals surface area contributed by atoms with Gasteiger partial charge in [0.1, 0.15) is 5.75 Å². The van der Waals surface area contributed by atoms with E-state index in [2.05, 4.69) is 9.97 Å². The van der Waals surface area contributed by atoms with E-state index in [0.29, 0.717) is 32.1 Å². The van der Waals surface area contributed by atoms with Crippen molar-refractivity contribution in [2.45, 2.75) is 18.6 Å². The molecule has 0 saturated heterocycles. The van der Waals surface area contributed by atoms with E-state index in [4.69, 9.17) is 9.47 Å². The average molecular weight is 400 g/mol. The largest absolute Gasteiger partial charge is 0.494 e. The molecule has 3 rings (SSSR count). The van der Waals surface area contributed by atoms with E-state index in [9.17, 15) is 4.79 Å². The maximum Gasteiger partial charge on any atom is 0.233 e. The lowest BCUT2D eigenvalue weighted by Gasteiger charge is -2.22. The number of nitrogens with one attached hydrogen (secondary N) is 1. The highest BCUT2D eigenvalue weighted by molar-refractivity contribution is 7.99. The van der Waals surface area contributed by atoms with Crippen molar-refractivity contribution in [2.75, 3.05) is 32.6 Å². The van der Waals surface area contributed by atoms with Gasteiger partial charge in [-0.25, -0.2) is 4.98 Å². The molecule has 0 spiro atoms. The molecule has 0 aliphatic rings. The molecule has 0 saturated carbocycles. The summed E-state index contributed by atoms with van der Waals surface area (Å²) in [5, 5.41) is 0.725. The Balaban J connectivity index is 1.63. The van der Waals surface area contributed by atoms with Gasteiger partial charge in [-0.1, -0.05) is 42.1 Å². The first-order valence-electron chi connectivity index (χ1n) is 9.25. The molecule has 148 valence electrons. The number of nitrogens with zero attached hydrogens (tertiary/aromatic N) is 2. The molecule has 1 N–H and O–H groups in total. The number of ether oxygens (including phenoxy) is 2. The summed E-state index contributed by atoms with van der Waals surface area (Å²) in [4.78, 5) is 22.4. The molecule has 0 aliphatic heterocycles. The lowest BCUT2D eigenvalue weighted by molar-refractivity contribution is -0.129. The number of benzene rings is 2. The maximum atomic E-state index is 12.8. The third-order valence-corrected chi connectivity index (χ3v) is 5.07. The molecule has 28 heavy (non-hydrogen) atoms. The second-order valence-electron chi connectivity index (χ2n) is 6.24. The number of carbonyl (C=O) groups is 1. The predicted molar refractivity (Wildman–Crippen MR) is 112 cm³/mol. The second-order valence-corrected chi connectivity index (χ2v) is 7.20. The third kappa shape index (κ3) is 5.50. The number of methoxy groups -OCH3 is 1. The number of imidazole rings is 1. The summed E-state index contributed by atoms with van der Waals surface area (Å²) in [6.07, 6.45) is 0. The van der Waals surface area contributed by atoms with E-state index in [1.807, 2.05) is 60.4 Å². The van der Waals surface area contributed by atoms with Gasteiger partial charge in [0.05, 0.1) is 30.0 Å². The van der Waals surface area contributed by atoms with Crippen molar-refractivity contribution in [1.29, 1.82) is 0 Å². The lowest BCUT2D eigenvalue weighted by atomic mass is 10.2. The Morgan fingerprint density at radius 3 is 2.79 bits per heavy atom. The molecule has 1 aromatic heterocycles. The van der Waals surface area contributed by atoms with Gasteiger partial charge in [-0.2, -0.15) is 0 Å². The standard InChI is InChI=1S/C21H25N3O3S/c1-3-27-17-9-10-18-19(13-17)23-21(22-18)28-15-20(25)24(11-12-26-2)14-16-7-5-4-6-8-16/h4-10,13H,3,11-12,14-15H2,1-2H3,(H,22,23). The van der Waals surface area contributed by atoms with Crippen molar-refractivity contribution in [3.63, 3.8) is 0 Å². The normalized spacial score (nSPS) is 10.9. The first-order chi connectivity index (χ1) is 13.7. The molecule has 6 nitrogen and oxygen atoms in total. The molecule has 0 fully saturated rings. The summed E-state index contributed by atoms with van der Waals surface area (Å²) in [6, 6.07) is 15.7. The van der Waals surface area contributed by atoms with E-state index in [-0.39, 0.29) is 5.91 Å². The number of aromatic nitrogens is 2. The minimum absolute atomic E-state index is 0.0568. The molecule has 3 aromatic rings. The quantitative estimate of drug-likeness (QED) is 0.526. The molecule has 2 aromatic carbocycles. The SMILES string of the molecule is CCOc1ccc2nc(SCC(=O)N(CCOC)Cc3ccccc3)[nH]c2c1. The van der Waals surface area contributed by atoms with Gasteiger partial charge in [0.25, 0.3) is 0 Å². The summed E-state index contributed by atoms with van der Waals surface area (Å²) in [5.41, 5.74) is 2.87. The van der Waals surface area contributed by atoms with Crippen LogP contribution in [0.2, 0.25) is 0 Å². The molecule has 0 unspecified atom stereocenters. The van der Waals surface area contributed by atoms with Gasteiger partial charge in [-0.15, -0.1) is 0 Å². The molecule has 7 heteroatoms. The van der Waals surface area contributed by atoms with Crippen molar-refractivity contribution in [2.24, 2.45) is 0 Å². The molecule has 0 atom stereocenters. The smallest absolute Gasteiger partial charge is 0.233 e. The number of hydrogen-bond acceptors (Lipinski definition) is 5. The van der Waals surface area contributed by atoms with Crippen LogP contribution in [0.15, 0.2) is 53.7 Å². The van der Waals surface area contributed by atoms with Crippen LogP contribution in [-0.4, -0.2) is 53.4 Å². The van der Waals surface area contributed by atoms with Gasteiger partial charge in [0.15, 0.2) is 5.16 Å². The van der Waals surface area contributed by atoms with Crippen LogP contribution in [0.3, 0.4) is 0 Å². The highest BCUT2D eigenvalue weighted by Crippen LogP contribution is 2.23. The van der Waals surface area contributed by atoms with E-state index in [1.54, 1.807) is 7.11 Å². The Morgan fingerprint density at radius 2 is 2.04 bits per heavy atom. The number of hydrogen-bond donors (Lipinski definition) is 1. The Labute approximate surface area is 169 Å². The van der Waals surface area contributed by atoms with Crippen molar-refractivity contribution < 1.29 is 14.3 Å². The number of fused-ring (bicyclic) bond motifs is 1. The Bertz CT molecular complexity index is 898. The minimum Gasteiger partial charge on any atom is -0.494 e. The molecular weight excluding hydrogens is 374 g/mol. The number of H-pyrrole nitrogens is 1. The van der Waals surface area contributed by atoms with Crippen molar-refractivity contribution in [3.8, 4) is 5.75 Å². The van der Waals surface area contributed by atoms with Gasteiger partial charge >= 0.3 is 0 Å². The van der Waals surface area contributed by atoms with E-state index in [0.717, 1.165) is 27.5 Å². The number of amides is 1. The molecular formula is C21H25N3O3S. The molecule has 1 heterocycles. The molecule has 1 amide bonds. The van der Waals surface area contributed by atoms with Crippen LogP contribution in [0.1, 0.15) is 12.5 Å². The maximum absolute atomic E-state index is 12.8. The predicted octanol–water partition coefficient (Wildman–Crippen LogP) is 3.73. The van der Waals surface area contributed by atoms with Crippen LogP contribution in [0.5, 0.6) is 5.75 Å². The zero-order valence-electron chi connectivity index (χ0n) is 16.2. The van der Waals surface area contributed by atoms with Gasteiger partial charge in [0, 0.05) is 26.3 Å². The summed E-state index contributed by atoms with van der Waals surface area (Å²) < 4.78 is 10.7. The zero-order valence-corrected chi connectivity index (χ0v) is 17.0. The summed E-state index contributed by atoms with van der Waals surface area (Å²) in [5.74, 6) is 1.18.